The van der Waals surface area contributed by atoms with Gasteiger partial charge in [-0.15, -0.1) is 0 Å². The van der Waals surface area contributed by atoms with Gasteiger partial charge < -0.3 is 15.4 Å². The number of aryl methyl sites for hydroxylation is 1. The van der Waals surface area contributed by atoms with Crippen LogP contribution in [0.3, 0.4) is 0 Å². The minimum absolute atomic E-state index is 0.0763. The van der Waals surface area contributed by atoms with Crippen LogP contribution in [-0.4, -0.2) is 32.1 Å². The lowest BCUT2D eigenvalue weighted by Gasteiger charge is -2.15. The molecule has 0 aromatic heterocycles. The zero-order chi connectivity index (χ0) is 13.4. The maximum absolute atomic E-state index is 11.7. The van der Waals surface area contributed by atoms with Gasteiger partial charge >= 0.3 is 0 Å². The molecule has 0 heterocycles. The molecule has 4 nitrogen and oxygen atoms in total. The van der Waals surface area contributed by atoms with Crippen molar-refractivity contribution in [1.82, 2.24) is 10.6 Å². The van der Waals surface area contributed by atoms with Gasteiger partial charge in [0.25, 0.3) is 5.91 Å². The van der Waals surface area contributed by atoms with Gasteiger partial charge in [0.05, 0.1) is 0 Å². The molecule has 0 radical (unpaired) electrons. The van der Waals surface area contributed by atoms with Gasteiger partial charge in [0.2, 0.25) is 0 Å². The van der Waals surface area contributed by atoms with Crippen molar-refractivity contribution in [1.29, 1.82) is 0 Å². The minimum atomic E-state index is -0.471. The van der Waals surface area contributed by atoms with Crippen molar-refractivity contribution in [2.75, 3.05) is 20.1 Å². The second-order valence-corrected chi connectivity index (χ2v) is 4.32. The molecule has 0 bridgehead atoms. The topological polar surface area (TPSA) is 50.4 Å². The van der Waals surface area contributed by atoms with E-state index in [0.29, 0.717) is 6.54 Å². The summed E-state index contributed by atoms with van der Waals surface area (Å²) in [6, 6.07) is 7.69. The van der Waals surface area contributed by atoms with E-state index in [2.05, 4.69) is 10.6 Å². The molecule has 2 N–H and O–H groups in total. The molecule has 100 valence electrons. The molecule has 1 unspecified atom stereocenters. The highest BCUT2D eigenvalue weighted by atomic mass is 16.5. The number of rotatable bonds is 7. The summed E-state index contributed by atoms with van der Waals surface area (Å²) in [5.74, 6) is 0.653. The third-order valence-electron chi connectivity index (χ3n) is 2.57. The normalized spacial score (nSPS) is 11.9. The minimum Gasteiger partial charge on any atom is -0.481 e. The molecule has 1 aromatic carbocycles. The van der Waals surface area contributed by atoms with E-state index in [4.69, 9.17) is 4.74 Å². The SMILES string of the molecule is CNCCCNC(=O)C(C)Oc1cccc(C)c1. The molecular weight excluding hydrogens is 228 g/mol. The Labute approximate surface area is 109 Å². The monoisotopic (exact) mass is 250 g/mol. The van der Waals surface area contributed by atoms with E-state index in [-0.39, 0.29) is 5.91 Å². The standard InChI is InChI=1S/C14H22N2O2/c1-11-6-4-7-13(10-11)18-12(2)14(17)16-9-5-8-15-3/h4,6-7,10,12,15H,5,8-9H2,1-3H3,(H,16,17). The van der Waals surface area contributed by atoms with Gasteiger partial charge in [0.1, 0.15) is 5.75 Å². The molecule has 0 fully saturated rings. The van der Waals surface area contributed by atoms with Gasteiger partial charge in [-0.05, 0) is 51.6 Å². The van der Waals surface area contributed by atoms with Crippen molar-refractivity contribution in [2.45, 2.75) is 26.4 Å². The van der Waals surface area contributed by atoms with Crippen LogP contribution >= 0.6 is 0 Å². The molecule has 0 saturated carbocycles. The van der Waals surface area contributed by atoms with Gasteiger partial charge in [0, 0.05) is 6.54 Å². The number of carbonyl (C=O) groups is 1. The third kappa shape index (κ3) is 5.19. The number of nitrogens with one attached hydrogen (secondary N) is 2. The highest BCUT2D eigenvalue weighted by Crippen LogP contribution is 2.14. The maximum atomic E-state index is 11.7. The fraction of sp³-hybridized carbons (Fsp3) is 0.500. The summed E-state index contributed by atoms with van der Waals surface area (Å²) in [4.78, 5) is 11.7. The number of amides is 1. The van der Waals surface area contributed by atoms with Gasteiger partial charge in [-0.1, -0.05) is 12.1 Å². The zero-order valence-electron chi connectivity index (χ0n) is 11.3. The first-order chi connectivity index (χ1) is 8.63. The second kappa shape index (κ2) is 7.71. The van der Waals surface area contributed by atoms with Crippen LogP contribution in [0.2, 0.25) is 0 Å². The molecular formula is C14H22N2O2. The lowest BCUT2D eigenvalue weighted by atomic mass is 10.2. The Kier molecular flexibility index (Phi) is 6.22. The van der Waals surface area contributed by atoms with Crippen molar-refractivity contribution >= 4 is 5.91 Å². The van der Waals surface area contributed by atoms with Crippen LogP contribution < -0.4 is 15.4 Å². The average Bonchev–Trinajstić information content (AvgIpc) is 2.34. The van der Waals surface area contributed by atoms with E-state index < -0.39 is 6.10 Å². The largest absolute Gasteiger partial charge is 0.481 e. The summed E-state index contributed by atoms with van der Waals surface area (Å²) in [6.07, 6.45) is 0.445. The zero-order valence-corrected chi connectivity index (χ0v) is 11.3. The van der Waals surface area contributed by atoms with Crippen molar-refractivity contribution in [3.05, 3.63) is 29.8 Å². The highest BCUT2D eigenvalue weighted by molar-refractivity contribution is 5.80. The van der Waals surface area contributed by atoms with Crippen LogP contribution in [0.5, 0.6) is 5.75 Å². The first kappa shape index (κ1) is 14.5. The summed E-state index contributed by atoms with van der Waals surface area (Å²) in [7, 11) is 1.89. The van der Waals surface area contributed by atoms with E-state index in [1.54, 1.807) is 6.92 Å². The first-order valence-corrected chi connectivity index (χ1v) is 6.29. The van der Waals surface area contributed by atoms with Crippen LogP contribution in [0.15, 0.2) is 24.3 Å². The van der Waals surface area contributed by atoms with Crippen LogP contribution in [0.4, 0.5) is 0 Å². The van der Waals surface area contributed by atoms with E-state index in [1.807, 2.05) is 38.2 Å². The number of benzene rings is 1. The molecule has 0 saturated heterocycles. The number of carbonyl (C=O) groups excluding carboxylic acids is 1. The molecule has 1 atom stereocenters. The molecule has 1 amide bonds. The molecule has 1 rings (SSSR count). The Hall–Kier alpha value is -1.55. The molecule has 0 aliphatic heterocycles. The van der Waals surface area contributed by atoms with E-state index in [1.165, 1.54) is 0 Å². The smallest absolute Gasteiger partial charge is 0.260 e. The van der Waals surface area contributed by atoms with Crippen LogP contribution in [0.25, 0.3) is 0 Å². The van der Waals surface area contributed by atoms with E-state index >= 15 is 0 Å². The summed E-state index contributed by atoms with van der Waals surface area (Å²) in [6.45, 7) is 5.32. The molecule has 18 heavy (non-hydrogen) atoms. The van der Waals surface area contributed by atoms with Crippen LogP contribution in [0, 0.1) is 6.92 Å². The molecule has 0 spiro atoms. The van der Waals surface area contributed by atoms with Crippen molar-refractivity contribution in [2.24, 2.45) is 0 Å². The van der Waals surface area contributed by atoms with Crippen molar-refractivity contribution < 1.29 is 9.53 Å². The molecule has 4 heteroatoms. The summed E-state index contributed by atoms with van der Waals surface area (Å²) >= 11 is 0. The second-order valence-electron chi connectivity index (χ2n) is 4.32. The molecule has 0 aliphatic rings. The van der Waals surface area contributed by atoms with E-state index in [9.17, 15) is 4.79 Å². The molecule has 1 aromatic rings. The summed E-state index contributed by atoms with van der Waals surface area (Å²) in [5, 5.41) is 5.88. The lowest BCUT2D eigenvalue weighted by molar-refractivity contribution is -0.127. The van der Waals surface area contributed by atoms with Gasteiger partial charge in [-0.25, -0.2) is 0 Å². The van der Waals surface area contributed by atoms with Crippen molar-refractivity contribution in [3.8, 4) is 5.75 Å². The quantitative estimate of drug-likeness (QED) is 0.721. The summed E-state index contributed by atoms with van der Waals surface area (Å²) < 4.78 is 5.59. The van der Waals surface area contributed by atoms with E-state index in [0.717, 1.165) is 24.3 Å². The number of ether oxygens (including phenoxy) is 1. The predicted molar refractivity (Wildman–Crippen MR) is 72.8 cm³/mol. The Balaban J connectivity index is 2.35. The van der Waals surface area contributed by atoms with Crippen molar-refractivity contribution in [3.63, 3.8) is 0 Å². The van der Waals surface area contributed by atoms with Gasteiger partial charge in [0.15, 0.2) is 6.10 Å². The van der Waals surface area contributed by atoms with Crippen LogP contribution in [0.1, 0.15) is 18.9 Å². The average molecular weight is 250 g/mol. The summed E-state index contributed by atoms with van der Waals surface area (Å²) in [5.41, 5.74) is 1.12. The lowest BCUT2D eigenvalue weighted by Crippen LogP contribution is -2.37. The fourth-order valence-corrected chi connectivity index (χ4v) is 1.57. The first-order valence-electron chi connectivity index (χ1n) is 6.29. The number of hydrogen-bond acceptors (Lipinski definition) is 3. The van der Waals surface area contributed by atoms with Crippen LogP contribution in [-0.2, 0) is 4.79 Å². The fourth-order valence-electron chi connectivity index (χ4n) is 1.57. The maximum Gasteiger partial charge on any atom is 0.260 e. The third-order valence-corrected chi connectivity index (χ3v) is 2.57. The Morgan fingerprint density at radius 1 is 1.39 bits per heavy atom. The Morgan fingerprint density at radius 2 is 2.17 bits per heavy atom. The molecule has 0 aliphatic carbocycles. The Bertz CT molecular complexity index is 380. The predicted octanol–water partition coefficient (Wildman–Crippen LogP) is 1.49. The van der Waals surface area contributed by atoms with Gasteiger partial charge in [-0.3, -0.25) is 4.79 Å². The highest BCUT2D eigenvalue weighted by Gasteiger charge is 2.13. The Morgan fingerprint density at radius 3 is 2.83 bits per heavy atom. The number of hydrogen-bond donors (Lipinski definition) is 2. The van der Waals surface area contributed by atoms with Gasteiger partial charge in [-0.2, -0.15) is 0 Å².